The molecule has 0 radical (unpaired) electrons. The van der Waals surface area contributed by atoms with Crippen molar-refractivity contribution in [1.82, 2.24) is 5.32 Å². The maximum Gasteiger partial charge on any atom is 0.0796 e. The second-order valence-electron chi connectivity index (χ2n) is 13.6. The molecule has 4 aromatic carbocycles. The maximum atomic E-state index is 5.28. The first-order valence-electron chi connectivity index (χ1n) is 17.5. The van der Waals surface area contributed by atoms with E-state index in [1.165, 1.54) is 5.56 Å². The van der Waals surface area contributed by atoms with Crippen LogP contribution < -0.4 is 5.32 Å². The molecule has 0 bridgehead atoms. The lowest BCUT2D eigenvalue weighted by Gasteiger charge is -2.27. The molecule has 250 valence electrons. The van der Waals surface area contributed by atoms with Crippen LogP contribution in [-0.2, 0) is 0 Å². The summed E-state index contributed by atoms with van der Waals surface area (Å²) in [6, 6.07) is 34.5. The average Bonchev–Trinajstić information content (AvgIpc) is 3.66. The van der Waals surface area contributed by atoms with Crippen LogP contribution in [-0.4, -0.2) is 24.2 Å². The van der Waals surface area contributed by atoms with Crippen LogP contribution in [0.25, 0.3) is 44.7 Å². The van der Waals surface area contributed by atoms with E-state index in [2.05, 4.69) is 165 Å². The van der Waals surface area contributed by atoms with E-state index in [0.717, 1.165) is 80.2 Å². The Morgan fingerprint density at radius 2 is 1.53 bits per heavy atom. The number of allylic oxidation sites excluding steroid dienone is 8. The van der Waals surface area contributed by atoms with E-state index >= 15 is 0 Å². The van der Waals surface area contributed by atoms with Crippen LogP contribution in [0.2, 0.25) is 0 Å². The fourth-order valence-electron chi connectivity index (χ4n) is 6.64. The Kier molecular flexibility index (Phi) is 9.67. The van der Waals surface area contributed by atoms with E-state index in [4.69, 9.17) is 9.98 Å². The highest BCUT2D eigenvalue weighted by Gasteiger charge is 2.30. The first kappa shape index (κ1) is 33.4. The molecule has 0 aliphatic carbocycles. The molecule has 0 aromatic heterocycles. The minimum atomic E-state index is -0.245. The standard InChI is InChI=1S/C47H42N4/c1-33(51-46(45-20-14-29-50-45)47(3,4)27-25-39-26-30-49-39)37-21-24-42(43(31-37)40-19-12-7-13-28-48-34(40)2)44-32-38(35-15-8-5-9-16-35)22-23-41(44)36-17-10-6-11-18-36/h5-24,26,28,30-32,48H,1-2,25,27,29H2,3-4H3/b12-7-,28-13?,40-19+,51-46?. The van der Waals surface area contributed by atoms with Gasteiger partial charge in [0.15, 0.2) is 0 Å². The molecule has 51 heavy (non-hydrogen) atoms. The van der Waals surface area contributed by atoms with Gasteiger partial charge in [-0.3, -0.25) is 15.0 Å². The van der Waals surface area contributed by atoms with E-state index < -0.39 is 0 Å². The summed E-state index contributed by atoms with van der Waals surface area (Å²) in [5, 5.41) is 3.38. The van der Waals surface area contributed by atoms with E-state index in [-0.39, 0.29) is 5.41 Å². The minimum absolute atomic E-state index is 0.245. The number of nitrogens with zero attached hydrogens (tertiary/aromatic N) is 3. The smallest absolute Gasteiger partial charge is 0.0796 e. The van der Waals surface area contributed by atoms with Gasteiger partial charge in [-0.25, -0.2) is 0 Å². The van der Waals surface area contributed by atoms with Crippen molar-refractivity contribution in [3.8, 4) is 33.4 Å². The van der Waals surface area contributed by atoms with Gasteiger partial charge in [-0.2, -0.15) is 0 Å². The third-order valence-corrected chi connectivity index (χ3v) is 9.60. The molecule has 1 N–H and O–H groups in total. The average molecular weight is 663 g/mol. The van der Waals surface area contributed by atoms with Gasteiger partial charge in [-0.15, -0.1) is 0 Å². The van der Waals surface area contributed by atoms with E-state index in [1.54, 1.807) is 0 Å². The Bertz CT molecular complexity index is 2240. The van der Waals surface area contributed by atoms with Crippen LogP contribution in [0, 0.1) is 5.41 Å². The van der Waals surface area contributed by atoms with Crippen molar-refractivity contribution in [2.75, 3.05) is 6.54 Å². The Hall–Kier alpha value is -6.13. The lowest BCUT2D eigenvalue weighted by molar-refractivity contribution is 0.478. The van der Waals surface area contributed by atoms with Gasteiger partial charge in [0.25, 0.3) is 0 Å². The van der Waals surface area contributed by atoms with Gasteiger partial charge in [-0.1, -0.05) is 136 Å². The van der Waals surface area contributed by atoms with Gasteiger partial charge in [0.1, 0.15) is 0 Å². The van der Waals surface area contributed by atoms with Crippen molar-refractivity contribution in [1.29, 1.82) is 0 Å². The minimum Gasteiger partial charge on any atom is -0.362 e. The zero-order valence-electron chi connectivity index (χ0n) is 29.3. The van der Waals surface area contributed by atoms with Gasteiger partial charge < -0.3 is 5.32 Å². The van der Waals surface area contributed by atoms with Crippen LogP contribution in [0.3, 0.4) is 0 Å². The molecule has 0 saturated heterocycles. The van der Waals surface area contributed by atoms with Crippen molar-refractivity contribution < 1.29 is 0 Å². The highest BCUT2D eigenvalue weighted by atomic mass is 14.9. The van der Waals surface area contributed by atoms with E-state index in [0.29, 0.717) is 12.2 Å². The van der Waals surface area contributed by atoms with Gasteiger partial charge in [-0.05, 0) is 82.1 Å². The summed E-state index contributed by atoms with van der Waals surface area (Å²) in [4.78, 5) is 14.5. The SMILES string of the molecule is C=C1NC=C/C=C\C=C/1c1cc(C(=C)N=C(C2=NCC=C2)C(C)(C)CCC2=CC=N2)ccc1-c1cc(-c2ccccc2)ccc1-c1ccccc1. The Morgan fingerprint density at radius 3 is 2.24 bits per heavy atom. The molecule has 0 fully saturated rings. The summed E-state index contributed by atoms with van der Waals surface area (Å²) in [5.41, 5.74) is 14.1. The molecule has 7 rings (SSSR count). The summed E-state index contributed by atoms with van der Waals surface area (Å²) < 4.78 is 0. The fourth-order valence-corrected chi connectivity index (χ4v) is 6.64. The summed E-state index contributed by atoms with van der Waals surface area (Å²) in [6.45, 7) is 14.2. The summed E-state index contributed by atoms with van der Waals surface area (Å²) in [5.74, 6) is 0. The lowest BCUT2D eigenvalue weighted by Crippen LogP contribution is -2.30. The van der Waals surface area contributed by atoms with Gasteiger partial charge in [0.05, 0.1) is 23.7 Å². The predicted molar refractivity (Wildman–Crippen MR) is 219 cm³/mol. The predicted octanol–water partition coefficient (Wildman–Crippen LogP) is 11.5. The number of aliphatic imine (C=N–C) groups is 3. The van der Waals surface area contributed by atoms with Crippen molar-refractivity contribution in [2.24, 2.45) is 20.4 Å². The number of hydrogen-bond donors (Lipinski definition) is 1. The second-order valence-corrected chi connectivity index (χ2v) is 13.6. The molecular weight excluding hydrogens is 621 g/mol. The molecule has 0 atom stereocenters. The maximum absolute atomic E-state index is 5.28. The zero-order valence-corrected chi connectivity index (χ0v) is 29.3. The molecule has 4 nitrogen and oxygen atoms in total. The molecule has 3 aliphatic heterocycles. The topological polar surface area (TPSA) is 49.1 Å². The van der Waals surface area contributed by atoms with Crippen molar-refractivity contribution in [2.45, 2.75) is 26.7 Å². The first-order valence-corrected chi connectivity index (χ1v) is 17.5. The number of rotatable bonds is 11. The first-order chi connectivity index (χ1) is 24.9. The highest BCUT2D eigenvalue weighted by molar-refractivity contribution is 6.49. The monoisotopic (exact) mass is 662 g/mol. The van der Waals surface area contributed by atoms with Crippen LogP contribution in [0.4, 0.5) is 0 Å². The van der Waals surface area contributed by atoms with E-state index in [9.17, 15) is 0 Å². The normalized spacial score (nSPS) is 17.0. The quantitative estimate of drug-likeness (QED) is 0.160. The summed E-state index contributed by atoms with van der Waals surface area (Å²) >= 11 is 0. The third kappa shape index (κ3) is 7.41. The van der Waals surface area contributed by atoms with Crippen molar-refractivity contribution in [3.05, 3.63) is 181 Å². The Labute approximate surface area is 301 Å². The van der Waals surface area contributed by atoms with Gasteiger partial charge in [0, 0.05) is 40.4 Å². The molecule has 3 aliphatic rings. The Balaban J connectivity index is 1.38. The molecule has 0 unspecified atom stereocenters. The molecule has 0 saturated carbocycles. The van der Waals surface area contributed by atoms with Crippen molar-refractivity contribution >= 4 is 28.9 Å². The number of benzene rings is 4. The highest BCUT2D eigenvalue weighted by Crippen LogP contribution is 2.41. The van der Waals surface area contributed by atoms with Gasteiger partial charge >= 0.3 is 0 Å². The van der Waals surface area contributed by atoms with Gasteiger partial charge in [0.2, 0.25) is 0 Å². The Morgan fingerprint density at radius 1 is 0.784 bits per heavy atom. The molecule has 3 heterocycles. The molecule has 4 aromatic rings. The summed E-state index contributed by atoms with van der Waals surface area (Å²) in [7, 11) is 0. The third-order valence-electron chi connectivity index (χ3n) is 9.60. The molecule has 0 amide bonds. The van der Waals surface area contributed by atoms with Crippen LogP contribution in [0.1, 0.15) is 37.8 Å². The van der Waals surface area contributed by atoms with Crippen LogP contribution in [0.5, 0.6) is 0 Å². The second kappa shape index (κ2) is 14.8. The molecule has 0 spiro atoms. The molecular formula is C47H42N4. The van der Waals surface area contributed by atoms with Crippen molar-refractivity contribution in [3.63, 3.8) is 0 Å². The van der Waals surface area contributed by atoms with Crippen LogP contribution in [0.15, 0.2) is 185 Å². The largest absolute Gasteiger partial charge is 0.362 e. The summed E-state index contributed by atoms with van der Waals surface area (Å²) in [6.07, 6.45) is 20.0. The van der Waals surface area contributed by atoms with Crippen LogP contribution >= 0.6 is 0 Å². The molecule has 4 heteroatoms. The lowest BCUT2D eigenvalue weighted by atomic mass is 9.79. The number of nitrogens with one attached hydrogen (secondary N) is 1. The zero-order chi connectivity index (χ0) is 35.2. The van der Waals surface area contributed by atoms with E-state index in [1.807, 2.05) is 24.6 Å². The number of hydrogen-bond acceptors (Lipinski definition) is 4. The fraction of sp³-hybridized carbons (Fsp3) is 0.128.